The van der Waals surface area contributed by atoms with Crippen molar-refractivity contribution in [3.8, 4) is 0 Å². The molecule has 0 bridgehead atoms. The maximum Gasteiger partial charge on any atom is 0.107 e. The molecule has 226 valence electrons. The molecule has 0 amide bonds. The van der Waals surface area contributed by atoms with Gasteiger partial charge in [-0.15, -0.1) is 0 Å². The second-order valence-electron chi connectivity index (χ2n) is 17.2. The number of rotatable bonds is 7. The zero-order valence-corrected chi connectivity index (χ0v) is 26.5. The van der Waals surface area contributed by atoms with Gasteiger partial charge in [0.05, 0.1) is 12.2 Å². The second-order valence-corrected chi connectivity index (χ2v) is 17.2. The lowest BCUT2D eigenvalue weighted by Gasteiger charge is -2.73. The number of hydrogen-bond acceptors (Lipinski definition) is 4. The molecule has 5 aliphatic carbocycles. The third-order valence-corrected chi connectivity index (χ3v) is 15.4. The Morgan fingerprint density at radius 2 is 1.28 bits per heavy atom. The highest BCUT2D eigenvalue weighted by Gasteiger charge is 2.70. The fourth-order valence-corrected chi connectivity index (χ4v) is 13.2. The van der Waals surface area contributed by atoms with Crippen LogP contribution in [0.2, 0.25) is 0 Å². The zero-order chi connectivity index (χ0) is 28.6. The predicted molar refractivity (Wildman–Crippen MR) is 160 cm³/mol. The van der Waals surface area contributed by atoms with Crippen molar-refractivity contribution < 1.29 is 15.3 Å². The van der Waals surface area contributed by atoms with Crippen LogP contribution in [0.4, 0.5) is 0 Å². The summed E-state index contributed by atoms with van der Waals surface area (Å²) in [6.07, 6.45) is 13.8. The van der Waals surface area contributed by atoms with E-state index in [0.717, 1.165) is 30.1 Å². The fourth-order valence-electron chi connectivity index (χ4n) is 13.2. The highest BCUT2D eigenvalue weighted by Crippen LogP contribution is 2.78. The molecule has 4 heteroatoms. The van der Waals surface area contributed by atoms with Gasteiger partial charge < -0.3 is 21.1 Å². The quantitative estimate of drug-likeness (QED) is 0.279. The first kappa shape index (κ1) is 30.3. The van der Waals surface area contributed by atoms with Crippen LogP contribution in [0.25, 0.3) is 0 Å². The minimum Gasteiger partial charge on any atom is -0.390 e. The van der Waals surface area contributed by atoms with Crippen LogP contribution in [0, 0.1) is 62.6 Å². The van der Waals surface area contributed by atoms with Gasteiger partial charge in [-0.3, -0.25) is 0 Å². The monoisotopic (exact) mass is 545 g/mol. The van der Waals surface area contributed by atoms with E-state index in [4.69, 9.17) is 5.73 Å². The molecule has 0 spiro atoms. The second kappa shape index (κ2) is 10.2. The van der Waals surface area contributed by atoms with Crippen LogP contribution in [-0.4, -0.2) is 40.2 Å². The van der Waals surface area contributed by atoms with E-state index in [1.165, 1.54) is 70.6 Å². The number of fused-ring (bicyclic) bond motifs is 7. The van der Waals surface area contributed by atoms with Crippen molar-refractivity contribution in [2.75, 3.05) is 6.54 Å². The maximum atomic E-state index is 10.5. The zero-order valence-electron chi connectivity index (χ0n) is 26.5. The van der Waals surface area contributed by atoms with Crippen LogP contribution in [0.15, 0.2) is 0 Å². The van der Waals surface area contributed by atoms with E-state index in [1.807, 2.05) is 0 Å². The minimum atomic E-state index is -1.14. The van der Waals surface area contributed by atoms with Crippen molar-refractivity contribution in [1.29, 1.82) is 0 Å². The summed E-state index contributed by atoms with van der Waals surface area (Å²) in [4.78, 5) is 0. The van der Waals surface area contributed by atoms with Crippen molar-refractivity contribution in [3.63, 3.8) is 0 Å². The highest BCUT2D eigenvalue weighted by atomic mass is 16.4. The summed E-state index contributed by atoms with van der Waals surface area (Å²) >= 11 is 0. The molecule has 5 N–H and O–H groups in total. The molecular weight excluding hydrogens is 482 g/mol. The molecule has 0 unspecified atom stereocenters. The van der Waals surface area contributed by atoms with Gasteiger partial charge in [-0.25, -0.2) is 0 Å². The van der Waals surface area contributed by atoms with Crippen LogP contribution in [0.5, 0.6) is 0 Å². The van der Waals surface area contributed by atoms with E-state index in [1.54, 1.807) is 0 Å². The lowest BCUT2D eigenvalue weighted by atomic mass is 9.32. The molecular formula is C35H63NO3. The van der Waals surface area contributed by atoms with Crippen LogP contribution >= 0.6 is 0 Å². The smallest absolute Gasteiger partial charge is 0.107 e. The lowest BCUT2D eigenvalue weighted by Crippen LogP contribution is -2.65. The molecule has 5 fully saturated rings. The molecule has 0 radical (unpaired) electrons. The average Bonchev–Trinajstić information content (AvgIpc) is 3.23. The maximum absolute atomic E-state index is 10.5. The van der Waals surface area contributed by atoms with Gasteiger partial charge in [0.15, 0.2) is 0 Å². The van der Waals surface area contributed by atoms with E-state index in [2.05, 4.69) is 48.5 Å². The van der Waals surface area contributed by atoms with Gasteiger partial charge in [0.25, 0.3) is 0 Å². The van der Waals surface area contributed by atoms with E-state index in [0.29, 0.717) is 45.3 Å². The van der Waals surface area contributed by atoms with Gasteiger partial charge in [-0.2, -0.15) is 0 Å². The van der Waals surface area contributed by atoms with E-state index < -0.39 is 18.3 Å². The van der Waals surface area contributed by atoms with Crippen LogP contribution in [0.3, 0.4) is 0 Å². The van der Waals surface area contributed by atoms with E-state index in [9.17, 15) is 15.3 Å². The average molecular weight is 546 g/mol. The Labute approximate surface area is 240 Å². The Balaban J connectivity index is 1.33. The van der Waals surface area contributed by atoms with Crippen molar-refractivity contribution >= 4 is 0 Å². The van der Waals surface area contributed by atoms with Crippen molar-refractivity contribution in [3.05, 3.63) is 0 Å². The van der Waals surface area contributed by atoms with Crippen molar-refractivity contribution in [2.45, 2.75) is 150 Å². The first-order valence-corrected chi connectivity index (χ1v) is 16.9. The summed E-state index contributed by atoms with van der Waals surface area (Å²) in [7, 11) is 0. The summed E-state index contributed by atoms with van der Waals surface area (Å²) in [5, 5.41) is 30.6. The first-order valence-electron chi connectivity index (χ1n) is 16.9. The molecule has 4 nitrogen and oxygen atoms in total. The highest BCUT2D eigenvalue weighted by molar-refractivity contribution is 5.19. The van der Waals surface area contributed by atoms with Crippen LogP contribution in [0.1, 0.15) is 132 Å². The lowest BCUT2D eigenvalue weighted by molar-refractivity contribution is -0.241. The fraction of sp³-hybridized carbons (Fsp3) is 1.00. The van der Waals surface area contributed by atoms with Gasteiger partial charge >= 0.3 is 0 Å². The third-order valence-electron chi connectivity index (χ3n) is 15.4. The Morgan fingerprint density at radius 3 is 1.92 bits per heavy atom. The molecule has 5 aliphatic rings. The Bertz CT molecular complexity index is 891. The van der Waals surface area contributed by atoms with Gasteiger partial charge in [0.1, 0.15) is 6.10 Å². The Hall–Kier alpha value is -0.160. The molecule has 0 aromatic carbocycles. The molecule has 0 aromatic heterocycles. The number of nitrogens with two attached hydrogens (primary N) is 1. The number of aliphatic hydroxyl groups is 3. The Morgan fingerprint density at radius 1 is 0.667 bits per heavy atom. The minimum absolute atomic E-state index is 0.0195. The summed E-state index contributed by atoms with van der Waals surface area (Å²) < 4.78 is 0. The van der Waals surface area contributed by atoms with Crippen molar-refractivity contribution in [1.82, 2.24) is 0 Å². The van der Waals surface area contributed by atoms with E-state index >= 15 is 0 Å². The normalized spacial score (nSPS) is 50.1. The van der Waals surface area contributed by atoms with Crippen LogP contribution in [-0.2, 0) is 0 Å². The molecule has 13 atom stereocenters. The summed E-state index contributed by atoms with van der Waals surface area (Å²) in [6.45, 7) is 18.4. The van der Waals surface area contributed by atoms with Gasteiger partial charge in [-0.1, -0.05) is 54.9 Å². The van der Waals surface area contributed by atoms with Gasteiger partial charge in [0, 0.05) is 6.54 Å². The van der Waals surface area contributed by atoms with Crippen LogP contribution < -0.4 is 5.73 Å². The number of aliphatic hydroxyl groups excluding tert-OH is 3. The summed E-state index contributed by atoms with van der Waals surface area (Å²) in [6, 6.07) is 0. The van der Waals surface area contributed by atoms with Crippen molar-refractivity contribution in [2.24, 2.45) is 68.3 Å². The first-order chi connectivity index (χ1) is 18.2. The SMILES string of the molecule is C[C@H](CC[C@@H](O)[C@@H](O)[C@@H](O)CN)[C@H]1CC[C@@]2(C)[C@H]3CC[C@@H]4[C@]5(C)CCCC(C)(C)[C@@H]5CC[C@]4(C)[C@@]3(C)CC[C@@H]12. The topological polar surface area (TPSA) is 86.7 Å². The number of hydrogen-bond donors (Lipinski definition) is 4. The van der Waals surface area contributed by atoms with Gasteiger partial charge in [-0.05, 0) is 140 Å². The summed E-state index contributed by atoms with van der Waals surface area (Å²) in [5.74, 6) is 4.61. The van der Waals surface area contributed by atoms with E-state index in [-0.39, 0.29) is 6.54 Å². The molecule has 5 rings (SSSR count). The third kappa shape index (κ3) is 4.42. The largest absolute Gasteiger partial charge is 0.390 e. The molecule has 0 saturated heterocycles. The molecule has 5 saturated carbocycles. The molecule has 0 aliphatic heterocycles. The molecule has 0 heterocycles. The summed E-state index contributed by atoms with van der Waals surface area (Å²) in [5.41, 5.74) is 7.83. The van der Waals surface area contributed by atoms with Gasteiger partial charge in [0.2, 0.25) is 0 Å². The predicted octanol–water partition coefficient (Wildman–Crippen LogP) is 6.94. The Kier molecular flexibility index (Phi) is 7.95. The standard InChI is InChI=1S/C35H63NO3/c1-22(9-10-25(37)30(39)26(38)21-36)23-13-18-32(4)24(23)14-19-34(6)28(32)11-12-29-33(5)17-8-16-31(2,3)27(33)15-20-35(29,34)7/h22-30,37-39H,8-21,36H2,1-7H3/t22-,23-,24+,25-,26+,27+,28-,29-,30-,32-,33-,34+,35+/m1/s1. The molecule has 39 heavy (non-hydrogen) atoms. The molecule has 0 aromatic rings.